The lowest BCUT2D eigenvalue weighted by Gasteiger charge is -2.27. The van der Waals surface area contributed by atoms with Crippen LogP contribution in [0.15, 0.2) is 53.4 Å². The van der Waals surface area contributed by atoms with E-state index in [-0.39, 0.29) is 35.7 Å². The Balaban J connectivity index is 1.38. The quantitative estimate of drug-likeness (QED) is 0.558. The lowest BCUT2D eigenvalue weighted by molar-refractivity contribution is -0.128. The van der Waals surface area contributed by atoms with Crippen molar-refractivity contribution in [1.29, 1.82) is 0 Å². The van der Waals surface area contributed by atoms with Crippen LogP contribution in [0.1, 0.15) is 25.7 Å². The van der Waals surface area contributed by atoms with E-state index < -0.39 is 27.6 Å². The van der Waals surface area contributed by atoms with Crippen LogP contribution < -0.4 is 15.4 Å². The van der Waals surface area contributed by atoms with Crippen LogP contribution in [0.5, 0.6) is 0 Å². The highest BCUT2D eigenvalue weighted by Crippen LogP contribution is 2.28. The van der Waals surface area contributed by atoms with Gasteiger partial charge in [-0.05, 0) is 80.1 Å². The minimum Gasteiger partial charge on any atom is -0.347 e. The van der Waals surface area contributed by atoms with Gasteiger partial charge in [0.1, 0.15) is 11.6 Å². The van der Waals surface area contributed by atoms with Crippen LogP contribution in [-0.2, 0) is 19.6 Å². The predicted octanol–water partition coefficient (Wildman–Crippen LogP) is 2.80. The summed E-state index contributed by atoms with van der Waals surface area (Å²) in [6.45, 7) is 0.0573. The summed E-state index contributed by atoms with van der Waals surface area (Å²) in [5.74, 6) is -1.68. The predicted molar refractivity (Wildman–Crippen MR) is 115 cm³/mol. The van der Waals surface area contributed by atoms with Crippen LogP contribution in [0.25, 0.3) is 0 Å². The number of sulfonamides is 1. The molecule has 1 fully saturated rings. The van der Waals surface area contributed by atoms with Crippen LogP contribution in [0, 0.1) is 23.5 Å². The lowest BCUT2D eigenvalue weighted by atomic mass is 9.81. The summed E-state index contributed by atoms with van der Waals surface area (Å²) in [5.41, 5.74) is 0.439. The van der Waals surface area contributed by atoms with Gasteiger partial charge in [0, 0.05) is 18.2 Å². The van der Waals surface area contributed by atoms with Crippen molar-refractivity contribution < 1.29 is 26.8 Å². The van der Waals surface area contributed by atoms with Crippen molar-refractivity contribution in [2.45, 2.75) is 30.6 Å². The average molecular weight is 466 g/mol. The van der Waals surface area contributed by atoms with Gasteiger partial charge in [0.2, 0.25) is 21.8 Å². The number of carbonyl (C=O) groups is 2. The van der Waals surface area contributed by atoms with Crippen LogP contribution >= 0.6 is 0 Å². The SMILES string of the molecule is O=C(CNC(=O)C1CCC(CNS(=O)(=O)c2ccc(F)cc2)CC1)Nc1ccc(F)cc1. The smallest absolute Gasteiger partial charge is 0.243 e. The van der Waals surface area contributed by atoms with E-state index in [1.54, 1.807) is 0 Å². The highest BCUT2D eigenvalue weighted by atomic mass is 32.2. The van der Waals surface area contributed by atoms with E-state index in [2.05, 4.69) is 15.4 Å². The van der Waals surface area contributed by atoms with Gasteiger partial charge < -0.3 is 10.6 Å². The Morgan fingerprint density at radius 3 is 2.03 bits per heavy atom. The first-order chi connectivity index (χ1) is 15.2. The largest absolute Gasteiger partial charge is 0.347 e. The summed E-state index contributed by atoms with van der Waals surface area (Å²) >= 11 is 0. The van der Waals surface area contributed by atoms with Gasteiger partial charge in [-0.2, -0.15) is 0 Å². The van der Waals surface area contributed by atoms with Crippen molar-refractivity contribution in [3.63, 3.8) is 0 Å². The Hall–Kier alpha value is -2.85. The number of rotatable bonds is 8. The molecule has 0 aliphatic heterocycles. The number of amides is 2. The fourth-order valence-corrected chi connectivity index (χ4v) is 4.72. The molecule has 2 aromatic carbocycles. The maximum absolute atomic E-state index is 13.0. The highest BCUT2D eigenvalue weighted by molar-refractivity contribution is 7.89. The average Bonchev–Trinajstić information content (AvgIpc) is 2.78. The van der Waals surface area contributed by atoms with E-state index in [4.69, 9.17) is 0 Å². The minimum atomic E-state index is -3.71. The van der Waals surface area contributed by atoms with Crippen LogP contribution in [-0.4, -0.2) is 33.3 Å². The fraction of sp³-hybridized carbons (Fsp3) is 0.364. The molecule has 0 bridgehead atoms. The number of benzene rings is 2. The summed E-state index contributed by atoms with van der Waals surface area (Å²) in [7, 11) is -3.71. The zero-order chi connectivity index (χ0) is 23.1. The Labute approximate surface area is 185 Å². The van der Waals surface area contributed by atoms with E-state index >= 15 is 0 Å². The van der Waals surface area contributed by atoms with E-state index in [1.165, 1.54) is 36.4 Å². The normalized spacial score (nSPS) is 18.7. The van der Waals surface area contributed by atoms with Crippen LogP contribution in [0.3, 0.4) is 0 Å². The molecule has 2 aromatic rings. The molecule has 0 atom stereocenters. The number of anilines is 1. The number of hydrogen-bond donors (Lipinski definition) is 3. The number of hydrogen-bond acceptors (Lipinski definition) is 4. The molecule has 10 heteroatoms. The third kappa shape index (κ3) is 6.83. The Morgan fingerprint density at radius 1 is 0.875 bits per heavy atom. The topological polar surface area (TPSA) is 104 Å². The molecule has 0 saturated heterocycles. The van der Waals surface area contributed by atoms with Gasteiger partial charge in [-0.15, -0.1) is 0 Å². The first-order valence-electron chi connectivity index (χ1n) is 10.3. The number of halogens is 2. The van der Waals surface area contributed by atoms with Crippen molar-refractivity contribution >= 4 is 27.5 Å². The molecule has 7 nitrogen and oxygen atoms in total. The Morgan fingerprint density at radius 2 is 1.44 bits per heavy atom. The number of nitrogens with one attached hydrogen (secondary N) is 3. The maximum Gasteiger partial charge on any atom is 0.243 e. The zero-order valence-electron chi connectivity index (χ0n) is 17.3. The molecule has 1 aliphatic rings. The minimum absolute atomic E-state index is 0.00544. The number of carbonyl (C=O) groups excluding carboxylic acids is 2. The lowest BCUT2D eigenvalue weighted by Crippen LogP contribution is -2.39. The van der Waals surface area contributed by atoms with Crippen molar-refractivity contribution in [1.82, 2.24) is 10.0 Å². The zero-order valence-corrected chi connectivity index (χ0v) is 18.1. The van der Waals surface area contributed by atoms with Gasteiger partial charge in [-0.1, -0.05) is 0 Å². The molecule has 1 aliphatic carbocycles. The second kappa shape index (κ2) is 10.6. The van der Waals surface area contributed by atoms with Crippen molar-refractivity contribution in [3.8, 4) is 0 Å². The van der Waals surface area contributed by atoms with E-state index in [0.717, 1.165) is 12.1 Å². The second-order valence-corrected chi connectivity index (χ2v) is 9.56. The summed E-state index contributed by atoms with van der Waals surface area (Å²) in [6.07, 6.45) is 2.53. The van der Waals surface area contributed by atoms with Gasteiger partial charge >= 0.3 is 0 Å². The molecule has 3 N–H and O–H groups in total. The van der Waals surface area contributed by atoms with Crippen molar-refractivity contribution in [3.05, 3.63) is 60.2 Å². The highest BCUT2D eigenvalue weighted by Gasteiger charge is 2.27. The second-order valence-electron chi connectivity index (χ2n) is 7.80. The molecule has 0 heterocycles. The first-order valence-corrected chi connectivity index (χ1v) is 11.8. The molecular weight excluding hydrogens is 440 g/mol. The van der Waals surface area contributed by atoms with Crippen LogP contribution in [0.2, 0.25) is 0 Å². The standard InChI is InChI=1S/C22H25F2N3O4S/c23-17-5-9-19(10-6-17)27-21(28)14-25-22(29)16-3-1-15(2-4-16)13-26-32(30,31)20-11-7-18(24)8-12-20/h5-12,15-16,26H,1-4,13-14H2,(H,25,29)(H,27,28). The molecule has 2 amide bonds. The molecule has 3 rings (SSSR count). The van der Waals surface area contributed by atoms with Gasteiger partial charge in [-0.3, -0.25) is 9.59 Å². The molecule has 0 unspecified atom stereocenters. The van der Waals surface area contributed by atoms with E-state index in [1.807, 2.05) is 0 Å². The summed E-state index contributed by atoms with van der Waals surface area (Å²) < 4.78 is 53.0. The Kier molecular flexibility index (Phi) is 7.92. The van der Waals surface area contributed by atoms with Crippen LogP contribution in [0.4, 0.5) is 14.5 Å². The fourth-order valence-electron chi connectivity index (χ4n) is 3.60. The molecule has 32 heavy (non-hydrogen) atoms. The molecule has 0 aromatic heterocycles. The van der Waals surface area contributed by atoms with Gasteiger partial charge in [0.25, 0.3) is 0 Å². The van der Waals surface area contributed by atoms with Gasteiger partial charge in [0.15, 0.2) is 0 Å². The Bertz CT molecular complexity index is 1040. The summed E-state index contributed by atoms with van der Waals surface area (Å²) in [6, 6.07) is 9.94. The first kappa shape index (κ1) is 23.8. The van der Waals surface area contributed by atoms with Crippen molar-refractivity contribution in [2.24, 2.45) is 11.8 Å². The van der Waals surface area contributed by atoms with E-state index in [9.17, 15) is 26.8 Å². The monoisotopic (exact) mass is 465 g/mol. The third-order valence-electron chi connectivity index (χ3n) is 5.45. The molecule has 0 radical (unpaired) electrons. The molecular formula is C22H25F2N3O4S. The van der Waals surface area contributed by atoms with E-state index in [0.29, 0.717) is 31.4 Å². The maximum atomic E-state index is 13.0. The summed E-state index contributed by atoms with van der Waals surface area (Å²) in [4.78, 5) is 24.3. The van der Waals surface area contributed by atoms with Gasteiger partial charge in [-0.25, -0.2) is 21.9 Å². The molecule has 172 valence electrons. The molecule has 0 spiro atoms. The van der Waals surface area contributed by atoms with Gasteiger partial charge in [0.05, 0.1) is 11.4 Å². The van der Waals surface area contributed by atoms with Crippen molar-refractivity contribution in [2.75, 3.05) is 18.4 Å². The third-order valence-corrected chi connectivity index (χ3v) is 6.89. The summed E-state index contributed by atoms with van der Waals surface area (Å²) in [5, 5.41) is 5.19. The molecule has 1 saturated carbocycles.